The Hall–Kier alpha value is -9.06. The number of carboxylic acids is 1. The van der Waals surface area contributed by atoms with E-state index in [1.807, 2.05) is 65.1 Å². The highest BCUT2D eigenvalue weighted by molar-refractivity contribution is 7.26. The molecule has 0 aliphatic carbocycles. The Labute approximate surface area is 463 Å². The largest absolute Gasteiger partial charge is 0.497 e. The maximum absolute atomic E-state index is 12.7. The Morgan fingerprint density at radius 2 is 0.564 bits per heavy atom. The first kappa shape index (κ1) is 51.1. The molecule has 13 rings (SSSR count). The van der Waals surface area contributed by atoms with Crippen molar-refractivity contribution in [1.29, 1.82) is 0 Å². The average molecular weight is 1080 g/mol. The van der Waals surface area contributed by atoms with Gasteiger partial charge in [-0.1, -0.05) is 91.0 Å². The molecule has 0 bridgehead atoms. The second-order valence-electron chi connectivity index (χ2n) is 18.2. The van der Waals surface area contributed by atoms with Gasteiger partial charge in [0.05, 0.1) is 34.0 Å². The molecule has 0 aliphatic heterocycles. The predicted octanol–water partition coefficient (Wildman–Crippen LogP) is 18.1. The van der Waals surface area contributed by atoms with E-state index in [9.17, 15) is 9.59 Å². The van der Waals surface area contributed by atoms with Gasteiger partial charge in [-0.05, 0) is 167 Å². The number of carbonyl (C=O) groups excluding carboxylic acids is 1. The van der Waals surface area contributed by atoms with Crippen LogP contribution in [0.4, 0.5) is 0 Å². The summed E-state index contributed by atoms with van der Waals surface area (Å²) in [6.07, 6.45) is 0. The molecule has 1 N–H and O–H groups in total. The highest BCUT2D eigenvalue weighted by atomic mass is 32.1. The van der Waals surface area contributed by atoms with Crippen molar-refractivity contribution in [1.82, 2.24) is 0 Å². The van der Waals surface area contributed by atoms with E-state index < -0.39 is 5.97 Å². The third-order valence-corrected chi connectivity index (χ3v) is 17.1. The molecule has 0 aliphatic rings. The summed E-state index contributed by atoms with van der Waals surface area (Å²) in [5.74, 6) is 2.20. The van der Waals surface area contributed by atoms with E-state index in [1.165, 1.54) is 96.6 Å². The first-order chi connectivity index (χ1) is 38.2. The smallest absolute Gasteiger partial charge is 0.335 e. The van der Waals surface area contributed by atoms with Crippen LogP contribution in [0.2, 0.25) is 0 Å². The van der Waals surface area contributed by atoms with Crippen LogP contribution in [-0.4, -0.2) is 45.3 Å². The number of thiophene rings is 3. The fourth-order valence-electron chi connectivity index (χ4n) is 9.70. The molecular weight excluding hydrogens is 1020 g/mol. The third kappa shape index (κ3) is 10.4. The molecule has 0 amide bonds. The zero-order valence-electron chi connectivity index (χ0n) is 43.0. The molecule has 3 heterocycles. The number of hydrogen-bond acceptors (Lipinski definition) is 9. The minimum Gasteiger partial charge on any atom is -0.497 e. The zero-order chi connectivity index (χ0) is 53.7. The van der Waals surface area contributed by atoms with E-state index in [0.29, 0.717) is 16.9 Å². The number of carbonyl (C=O) groups is 2. The van der Waals surface area contributed by atoms with Crippen LogP contribution in [0.25, 0.3) is 71.7 Å². The number of methoxy groups -OCH3 is 4. The monoisotopic (exact) mass is 1070 g/mol. The number of fused-ring (bicyclic) bond motifs is 9. The van der Waals surface area contributed by atoms with Gasteiger partial charge in [-0.15, -0.1) is 34.0 Å². The highest BCUT2D eigenvalue weighted by Gasteiger charge is 2.20. The minimum atomic E-state index is -0.923. The molecule has 0 fully saturated rings. The van der Waals surface area contributed by atoms with Gasteiger partial charge in [0.25, 0.3) is 0 Å². The summed E-state index contributed by atoms with van der Waals surface area (Å²) in [5, 5.41) is 16.0. The van der Waals surface area contributed by atoms with Gasteiger partial charge in [0, 0.05) is 71.6 Å². The molecule has 78 heavy (non-hydrogen) atoms. The molecule has 13 aromatic rings. The fraction of sp³-hybridized carbons (Fsp3) is 0.0588. The van der Waals surface area contributed by atoms with Gasteiger partial charge < -0.3 is 24.1 Å². The van der Waals surface area contributed by atoms with E-state index in [-0.39, 0.29) is 11.3 Å². The summed E-state index contributed by atoms with van der Waals surface area (Å²) in [4.78, 5) is 23.1. The highest BCUT2D eigenvalue weighted by Crippen LogP contribution is 2.44. The van der Waals surface area contributed by atoms with Crippen molar-refractivity contribution in [2.45, 2.75) is 0 Å². The molecule has 10 heteroatoms. The lowest BCUT2D eigenvalue weighted by Crippen LogP contribution is -2.00. The Kier molecular flexibility index (Phi) is 14.8. The number of carboxylic acid groups (broad SMARTS) is 1. The van der Waals surface area contributed by atoms with Gasteiger partial charge in [0.15, 0.2) is 5.78 Å². The van der Waals surface area contributed by atoms with Crippen LogP contribution in [0.1, 0.15) is 48.5 Å². The average Bonchev–Trinajstić information content (AvgIpc) is 4.27. The van der Waals surface area contributed by atoms with E-state index in [0.717, 1.165) is 33.8 Å². The number of rotatable bonds is 11. The van der Waals surface area contributed by atoms with Crippen molar-refractivity contribution in [3.8, 4) is 23.0 Å². The van der Waals surface area contributed by atoms with Gasteiger partial charge in [0.1, 0.15) is 23.0 Å². The first-order valence-corrected chi connectivity index (χ1v) is 27.5. The third-order valence-electron chi connectivity index (χ3n) is 13.7. The standard InChI is InChI=1S/C40H28O2S2.C20H14O2S.C8H8O3/c1-41-29-17-11-25(12-18-29)39(27-15-21-37-33(23-27)31-7-3-5-9-35(31)43-37)40(26-13-19-30(42-2)20-14-26)28-16-22-38-34(24-28)32-8-4-6-10-36(32)44-38;1-22-15-9-6-13(7-10-15)20(21)14-8-11-19-17(12-14)16-4-2-3-5-18(16)23-19;1-11-7-4-2-6(3-5-7)8(9)10/h3-24H,1-2H3;2-12H,1H3;2-5H,1H3,(H,9,10). The van der Waals surface area contributed by atoms with Crippen molar-refractivity contribution in [3.63, 3.8) is 0 Å². The summed E-state index contributed by atoms with van der Waals surface area (Å²) in [6, 6.07) is 75.8. The van der Waals surface area contributed by atoms with E-state index in [1.54, 1.807) is 56.9 Å². The van der Waals surface area contributed by atoms with E-state index in [4.69, 9.17) is 24.1 Å². The van der Waals surface area contributed by atoms with Crippen LogP contribution < -0.4 is 18.9 Å². The van der Waals surface area contributed by atoms with E-state index >= 15 is 0 Å². The second-order valence-corrected chi connectivity index (χ2v) is 21.5. The van der Waals surface area contributed by atoms with Gasteiger partial charge in [-0.25, -0.2) is 4.79 Å². The molecule has 0 atom stereocenters. The molecule has 0 saturated carbocycles. The predicted molar refractivity (Wildman–Crippen MR) is 325 cm³/mol. The summed E-state index contributed by atoms with van der Waals surface area (Å²) < 4.78 is 28.8. The van der Waals surface area contributed by atoms with Crippen molar-refractivity contribution in [2.75, 3.05) is 28.4 Å². The summed E-state index contributed by atoms with van der Waals surface area (Å²) in [5.41, 5.74) is 8.61. The molecule has 3 aromatic heterocycles. The Balaban J connectivity index is 0.000000157. The van der Waals surface area contributed by atoms with Crippen LogP contribution in [0, 0.1) is 0 Å². The molecule has 7 nitrogen and oxygen atoms in total. The van der Waals surface area contributed by atoms with Crippen molar-refractivity contribution in [3.05, 3.63) is 263 Å². The second kappa shape index (κ2) is 22.6. The summed E-state index contributed by atoms with van der Waals surface area (Å²) >= 11 is 5.45. The van der Waals surface area contributed by atoms with Gasteiger partial charge in [0.2, 0.25) is 0 Å². The molecule has 10 aromatic carbocycles. The Morgan fingerprint density at radius 3 is 0.897 bits per heavy atom. The number of benzene rings is 10. The van der Waals surface area contributed by atoms with Crippen LogP contribution in [0.5, 0.6) is 23.0 Å². The molecule has 382 valence electrons. The SMILES string of the molecule is COc1ccc(C(=C(c2ccc(OC)cc2)c2ccc3sc4ccccc4c3c2)c2ccc3sc4ccccc4c3c2)cc1.COc1ccc(C(=O)O)cc1.COc1ccc(C(=O)c2ccc3sc4ccccc4c3c2)cc1. The van der Waals surface area contributed by atoms with Crippen LogP contribution in [0.3, 0.4) is 0 Å². The van der Waals surface area contributed by atoms with Crippen molar-refractivity contribution in [2.24, 2.45) is 0 Å². The molecular formula is C68H50O7S3. The summed E-state index contributed by atoms with van der Waals surface area (Å²) in [6.45, 7) is 0. The lowest BCUT2D eigenvalue weighted by Gasteiger charge is -2.19. The van der Waals surface area contributed by atoms with Gasteiger partial charge in [-0.2, -0.15) is 0 Å². The first-order valence-electron chi connectivity index (χ1n) is 25.0. The molecule has 0 spiro atoms. The van der Waals surface area contributed by atoms with Crippen molar-refractivity contribution < 1.29 is 33.6 Å². The van der Waals surface area contributed by atoms with Crippen LogP contribution in [0.15, 0.2) is 224 Å². The number of hydrogen-bond donors (Lipinski definition) is 1. The van der Waals surface area contributed by atoms with E-state index in [2.05, 4.69) is 146 Å². The Bertz CT molecular complexity index is 4170. The van der Waals surface area contributed by atoms with Crippen LogP contribution >= 0.6 is 34.0 Å². The number of aromatic carboxylic acids is 1. The summed E-state index contributed by atoms with van der Waals surface area (Å²) in [7, 11) is 6.58. The maximum atomic E-state index is 12.7. The molecule has 0 saturated heterocycles. The number of ether oxygens (including phenoxy) is 4. The quantitative estimate of drug-likeness (QED) is 0.102. The topological polar surface area (TPSA) is 91.3 Å². The van der Waals surface area contributed by atoms with Gasteiger partial charge in [-0.3, -0.25) is 4.79 Å². The molecule has 0 unspecified atom stereocenters. The normalized spacial score (nSPS) is 11.4. The van der Waals surface area contributed by atoms with Crippen molar-refractivity contribution >= 4 is 117 Å². The fourth-order valence-corrected chi connectivity index (χ4v) is 13.0. The lowest BCUT2D eigenvalue weighted by atomic mass is 9.85. The maximum Gasteiger partial charge on any atom is 0.335 e. The minimum absolute atomic E-state index is 0.0323. The lowest BCUT2D eigenvalue weighted by molar-refractivity contribution is 0.0696. The Morgan fingerprint density at radius 1 is 0.295 bits per heavy atom. The molecule has 0 radical (unpaired) electrons. The van der Waals surface area contributed by atoms with Crippen LogP contribution in [-0.2, 0) is 0 Å². The number of ketones is 1. The van der Waals surface area contributed by atoms with Gasteiger partial charge >= 0.3 is 5.97 Å². The zero-order valence-corrected chi connectivity index (χ0v) is 45.4.